The molecule has 1 aliphatic heterocycles. The zero-order chi connectivity index (χ0) is 12.0. The Hall–Kier alpha value is -1.77. The average Bonchev–Trinajstić information content (AvgIpc) is 2.85. The summed E-state index contributed by atoms with van der Waals surface area (Å²) in [5, 5.41) is 28.5. The predicted octanol–water partition coefficient (Wildman–Crippen LogP) is -1.15. The van der Waals surface area contributed by atoms with Crippen LogP contribution in [0.2, 0.25) is 0 Å². The smallest absolute Gasteiger partial charge is 0.240 e. The minimum atomic E-state index is -1.05. The number of H-pyrrole nitrogens is 1. The summed E-state index contributed by atoms with van der Waals surface area (Å²) in [6, 6.07) is 0. The van der Waals surface area contributed by atoms with Crippen LogP contribution in [-0.4, -0.2) is 54.1 Å². The lowest BCUT2D eigenvalue weighted by atomic mass is 10.1. The first-order chi connectivity index (χ1) is 8.16. The number of ether oxygens (including phenoxy) is 1. The van der Waals surface area contributed by atoms with Gasteiger partial charge in [-0.05, 0) is 0 Å². The third-order valence-corrected chi connectivity index (χ3v) is 2.71. The molecule has 2 aromatic heterocycles. The first-order valence-electron chi connectivity index (χ1n) is 5.04. The van der Waals surface area contributed by atoms with E-state index in [0.717, 1.165) is 0 Å². The fourth-order valence-electron chi connectivity index (χ4n) is 1.81. The van der Waals surface area contributed by atoms with Crippen molar-refractivity contribution in [2.75, 3.05) is 6.61 Å². The van der Waals surface area contributed by atoms with Gasteiger partial charge >= 0.3 is 0 Å². The number of aromatic hydroxyl groups is 1. The third-order valence-electron chi connectivity index (χ3n) is 2.71. The van der Waals surface area contributed by atoms with Crippen molar-refractivity contribution in [3.8, 4) is 5.88 Å². The van der Waals surface area contributed by atoms with E-state index in [-0.39, 0.29) is 23.7 Å². The number of fused-ring (bicyclic) bond motifs is 1. The van der Waals surface area contributed by atoms with Crippen LogP contribution in [0.5, 0.6) is 5.88 Å². The van der Waals surface area contributed by atoms with Crippen molar-refractivity contribution in [1.82, 2.24) is 19.9 Å². The molecule has 8 nitrogen and oxygen atoms in total. The lowest BCUT2D eigenvalue weighted by Gasteiger charge is -2.11. The monoisotopic (exact) mass is 238 g/mol. The van der Waals surface area contributed by atoms with Crippen molar-refractivity contribution in [1.29, 1.82) is 0 Å². The van der Waals surface area contributed by atoms with E-state index in [1.54, 1.807) is 0 Å². The van der Waals surface area contributed by atoms with E-state index in [0.29, 0.717) is 5.82 Å². The first-order valence-corrected chi connectivity index (χ1v) is 5.04. The Labute approximate surface area is 94.9 Å². The Morgan fingerprint density at radius 2 is 2.18 bits per heavy atom. The lowest BCUT2D eigenvalue weighted by molar-refractivity contribution is 0.0188. The highest BCUT2D eigenvalue weighted by atomic mass is 16.5. The van der Waals surface area contributed by atoms with Crippen LogP contribution in [0.4, 0.5) is 0 Å². The highest BCUT2D eigenvalue weighted by Crippen LogP contribution is 2.29. The number of imidazole rings is 1. The Kier molecular flexibility index (Phi) is 2.21. The van der Waals surface area contributed by atoms with E-state index in [1.807, 2.05) is 0 Å². The molecule has 0 saturated carbocycles. The quantitative estimate of drug-likeness (QED) is 0.494. The molecule has 0 spiro atoms. The van der Waals surface area contributed by atoms with Crippen LogP contribution >= 0.6 is 0 Å². The molecule has 90 valence electrons. The summed E-state index contributed by atoms with van der Waals surface area (Å²) in [7, 11) is 0. The van der Waals surface area contributed by atoms with Crippen molar-refractivity contribution < 1.29 is 20.1 Å². The Bertz CT molecular complexity index is 557. The van der Waals surface area contributed by atoms with E-state index in [9.17, 15) is 15.3 Å². The summed E-state index contributed by atoms with van der Waals surface area (Å²) in [6.07, 6.45) is -1.56. The molecular formula is C9H10N4O4. The van der Waals surface area contributed by atoms with Gasteiger partial charge in [0.25, 0.3) is 0 Å². The van der Waals surface area contributed by atoms with Gasteiger partial charge in [-0.25, -0.2) is 9.97 Å². The number of hydrogen-bond acceptors (Lipinski definition) is 7. The number of nitrogens with zero attached hydrogens (tertiary/aromatic N) is 3. The minimum Gasteiger partial charge on any atom is -0.492 e. The average molecular weight is 238 g/mol. The van der Waals surface area contributed by atoms with Gasteiger partial charge in [-0.2, -0.15) is 4.98 Å². The number of aliphatic hydroxyl groups is 2. The fraction of sp³-hybridized carbons (Fsp3) is 0.444. The molecule has 8 heteroatoms. The number of aromatic amines is 1. The molecule has 1 saturated heterocycles. The molecule has 2 aromatic rings. The SMILES string of the molecule is Oc1ncnc2nc([C@H]3OC[C@H](O)[C@@H]3O)[nH]c12. The molecular weight excluding hydrogens is 228 g/mol. The largest absolute Gasteiger partial charge is 0.492 e. The fourth-order valence-corrected chi connectivity index (χ4v) is 1.81. The Balaban J connectivity index is 2.04. The van der Waals surface area contributed by atoms with Crippen LogP contribution in [0, 0.1) is 0 Å². The summed E-state index contributed by atoms with van der Waals surface area (Å²) in [5.41, 5.74) is 0.560. The van der Waals surface area contributed by atoms with Crippen molar-refractivity contribution in [3.05, 3.63) is 12.2 Å². The molecule has 0 bridgehead atoms. The summed E-state index contributed by atoms with van der Waals surface area (Å²) in [4.78, 5) is 14.3. The lowest BCUT2D eigenvalue weighted by Crippen LogP contribution is -2.25. The van der Waals surface area contributed by atoms with Crippen molar-refractivity contribution in [2.45, 2.75) is 18.3 Å². The molecule has 4 N–H and O–H groups in total. The second kappa shape index (κ2) is 3.62. The maximum Gasteiger partial charge on any atom is 0.240 e. The summed E-state index contributed by atoms with van der Waals surface area (Å²) in [6.45, 7) is 0.0422. The van der Waals surface area contributed by atoms with Gasteiger partial charge in [0.05, 0.1) is 6.61 Å². The maximum atomic E-state index is 9.67. The van der Waals surface area contributed by atoms with E-state index in [2.05, 4.69) is 19.9 Å². The predicted molar refractivity (Wildman–Crippen MR) is 54.1 cm³/mol. The number of nitrogens with one attached hydrogen (secondary N) is 1. The van der Waals surface area contributed by atoms with Gasteiger partial charge in [0.1, 0.15) is 36.0 Å². The van der Waals surface area contributed by atoms with Crippen LogP contribution in [0.15, 0.2) is 6.33 Å². The molecule has 1 aliphatic rings. The van der Waals surface area contributed by atoms with Gasteiger partial charge in [-0.15, -0.1) is 0 Å². The van der Waals surface area contributed by atoms with Crippen LogP contribution in [-0.2, 0) is 4.74 Å². The van der Waals surface area contributed by atoms with Crippen LogP contribution in [0.1, 0.15) is 11.9 Å². The first kappa shape index (κ1) is 10.4. The molecule has 0 unspecified atom stereocenters. The van der Waals surface area contributed by atoms with Crippen LogP contribution in [0.3, 0.4) is 0 Å². The highest BCUT2D eigenvalue weighted by molar-refractivity contribution is 5.75. The second-order valence-electron chi connectivity index (χ2n) is 3.83. The Morgan fingerprint density at radius 1 is 1.35 bits per heavy atom. The zero-order valence-electron chi connectivity index (χ0n) is 8.61. The van der Waals surface area contributed by atoms with E-state index in [1.165, 1.54) is 6.33 Å². The zero-order valence-corrected chi connectivity index (χ0v) is 8.61. The second-order valence-corrected chi connectivity index (χ2v) is 3.83. The van der Waals surface area contributed by atoms with Crippen LogP contribution < -0.4 is 0 Å². The summed E-state index contributed by atoms with van der Waals surface area (Å²) >= 11 is 0. The number of rotatable bonds is 1. The van der Waals surface area contributed by atoms with Gasteiger partial charge in [-0.1, -0.05) is 0 Å². The molecule has 3 atom stereocenters. The Morgan fingerprint density at radius 3 is 2.82 bits per heavy atom. The van der Waals surface area contributed by atoms with Crippen LogP contribution in [0.25, 0.3) is 11.2 Å². The summed E-state index contributed by atoms with van der Waals surface area (Å²) in [5.74, 6) is 0.0848. The number of hydrogen-bond donors (Lipinski definition) is 4. The molecule has 17 heavy (non-hydrogen) atoms. The number of aromatic nitrogens is 4. The van der Waals surface area contributed by atoms with Gasteiger partial charge in [0.15, 0.2) is 5.65 Å². The van der Waals surface area contributed by atoms with Crippen molar-refractivity contribution in [2.24, 2.45) is 0 Å². The van der Waals surface area contributed by atoms with Gasteiger partial charge in [-0.3, -0.25) is 0 Å². The molecule has 0 aliphatic carbocycles. The standard InChI is InChI=1S/C9H10N4O4/c14-3-1-17-6(5(3)15)8-12-4-7(13-8)10-2-11-9(4)16/h2-3,5-6,14-15H,1H2,(H2,10,11,12,13,16)/t3-,5-,6-/m0/s1. The number of aliphatic hydroxyl groups excluding tert-OH is 2. The van der Waals surface area contributed by atoms with Crippen molar-refractivity contribution >= 4 is 11.2 Å². The molecule has 1 fully saturated rings. The third kappa shape index (κ3) is 1.54. The maximum absolute atomic E-state index is 9.67. The molecule has 0 amide bonds. The molecule has 0 radical (unpaired) electrons. The summed E-state index contributed by atoms with van der Waals surface area (Å²) < 4.78 is 5.21. The normalized spacial score (nSPS) is 28.9. The minimum absolute atomic E-state index is 0.0422. The molecule has 3 rings (SSSR count). The van der Waals surface area contributed by atoms with Crippen molar-refractivity contribution in [3.63, 3.8) is 0 Å². The highest BCUT2D eigenvalue weighted by Gasteiger charge is 2.37. The van der Waals surface area contributed by atoms with E-state index < -0.39 is 18.3 Å². The van der Waals surface area contributed by atoms with E-state index in [4.69, 9.17) is 4.74 Å². The molecule has 0 aromatic carbocycles. The van der Waals surface area contributed by atoms with Gasteiger partial charge in [0.2, 0.25) is 5.88 Å². The molecule has 3 heterocycles. The van der Waals surface area contributed by atoms with Gasteiger partial charge < -0.3 is 25.0 Å². The van der Waals surface area contributed by atoms with Gasteiger partial charge in [0, 0.05) is 0 Å². The topological polar surface area (TPSA) is 124 Å². The van der Waals surface area contributed by atoms with E-state index >= 15 is 0 Å².